The molecule has 6 heteroatoms. The number of benzene rings is 2. The maximum Gasteiger partial charge on any atom is 0.280 e. The lowest BCUT2D eigenvalue weighted by molar-refractivity contribution is 0.475. The highest BCUT2D eigenvalue weighted by Crippen LogP contribution is 2.22. The van der Waals surface area contributed by atoms with E-state index in [2.05, 4.69) is 10.1 Å². The van der Waals surface area contributed by atoms with Crippen molar-refractivity contribution in [2.75, 3.05) is 0 Å². The average Bonchev–Trinajstić information content (AvgIpc) is 2.82. The number of hydrogen-bond donors (Lipinski definition) is 2. The molecule has 3 rings (SSSR count). The van der Waals surface area contributed by atoms with Gasteiger partial charge < -0.3 is 5.11 Å². The third-order valence-corrected chi connectivity index (χ3v) is 3.71. The van der Waals surface area contributed by atoms with Crippen molar-refractivity contribution < 1.29 is 9.50 Å². The van der Waals surface area contributed by atoms with Gasteiger partial charge in [0.05, 0.1) is 16.9 Å². The van der Waals surface area contributed by atoms with Gasteiger partial charge in [0.25, 0.3) is 5.56 Å². The first-order chi connectivity index (χ1) is 11.5. The van der Waals surface area contributed by atoms with Crippen LogP contribution < -0.4 is 5.56 Å². The zero-order chi connectivity index (χ0) is 17.3. The van der Waals surface area contributed by atoms with Crippen molar-refractivity contribution >= 4 is 11.9 Å². The molecule has 0 unspecified atom stereocenters. The number of hydrogen-bond acceptors (Lipinski definition) is 3. The summed E-state index contributed by atoms with van der Waals surface area (Å²) in [4.78, 5) is 16.9. The second-order valence-electron chi connectivity index (χ2n) is 5.50. The summed E-state index contributed by atoms with van der Waals surface area (Å²) < 4.78 is 14.4. The lowest BCUT2D eigenvalue weighted by atomic mass is 10.2. The van der Waals surface area contributed by atoms with Crippen LogP contribution in [0.2, 0.25) is 0 Å². The maximum absolute atomic E-state index is 13.0. The summed E-state index contributed by atoms with van der Waals surface area (Å²) in [6, 6.07) is 10.5. The summed E-state index contributed by atoms with van der Waals surface area (Å²) in [5, 5.41) is 12.4. The number of aromatic nitrogens is 2. The van der Waals surface area contributed by atoms with Crippen molar-refractivity contribution in [1.29, 1.82) is 0 Å². The van der Waals surface area contributed by atoms with Gasteiger partial charge in [0, 0.05) is 11.9 Å². The fourth-order valence-corrected chi connectivity index (χ4v) is 2.40. The minimum Gasteiger partial charge on any atom is -0.508 e. The Bertz CT molecular complexity index is 969. The van der Waals surface area contributed by atoms with E-state index in [1.807, 2.05) is 6.92 Å². The molecule has 0 saturated carbocycles. The molecule has 0 aliphatic carbocycles. The van der Waals surface area contributed by atoms with Crippen LogP contribution in [0.3, 0.4) is 0 Å². The van der Waals surface area contributed by atoms with Crippen LogP contribution >= 0.6 is 0 Å². The first-order valence-electron chi connectivity index (χ1n) is 7.37. The minimum absolute atomic E-state index is 0.169. The number of H-pyrrole nitrogens is 1. The van der Waals surface area contributed by atoms with Crippen LogP contribution in [-0.4, -0.2) is 21.1 Å². The molecule has 0 spiro atoms. The van der Waals surface area contributed by atoms with Crippen LogP contribution in [0.25, 0.3) is 5.69 Å². The Labute approximate surface area is 137 Å². The highest BCUT2D eigenvalue weighted by Gasteiger charge is 2.11. The number of aromatic amines is 1. The lowest BCUT2D eigenvalue weighted by Crippen LogP contribution is -2.17. The van der Waals surface area contributed by atoms with E-state index in [-0.39, 0.29) is 17.1 Å². The zero-order valence-electron chi connectivity index (χ0n) is 13.2. The fraction of sp³-hybridized carbons (Fsp3) is 0.111. The van der Waals surface area contributed by atoms with E-state index in [9.17, 15) is 14.3 Å². The highest BCUT2D eigenvalue weighted by atomic mass is 19.1. The van der Waals surface area contributed by atoms with Crippen LogP contribution in [0.5, 0.6) is 5.75 Å². The average molecular weight is 325 g/mol. The molecule has 1 aromatic heterocycles. The van der Waals surface area contributed by atoms with E-state index in [0.717, 1.165) is 5.56 Å². The molecule has 24 heavy (non-hydrogen) atoms. The van der Waals surface area contributed by atoms with Crippen molar-refractivity contribution in [2.24, 2.45) is 4.99 Å². The molecule has 0 saturated heterocycles. The third-order valence-electron chi connectivity index (χ3n) is 3.71. The number of rotatable bonds is 3. The Morgan fingerprint density at radius 3 is 2.54 bits per heavy atom. The summed E-state index contributed by atoms with van der Waals surface area (Å²) in [5.74, 6) is -0.192. The first kappa shape index (κ1) is 15.7. The quantitative estimate of drug-likeness (QED) is 0.725. The summed E-state index contributed by atoms with van der Waals surface area (Å²) in [6.45, 7) is 3.60. The molecular formula is C18H16FN3O2. The molecule has 0 radical (unpaired) electrons. The molecule has 0 aliphatic rings. The Morgan fingerprint density at radius 1 is 1.17 bits per heavy atom. The summed E-state index contributed by atoms with van der Waals surface area (Å²) in [5.41, 5.74) is 2.83. The van der Waals surface area contributed by atoms with Gasteiger partial charge in [0.15, 0.2) is 0 Å². The van der Waals surface area contributed by atoms with Crippen molar-refractivity contribution in [3.05, 3.63) is 75.5 Å². The number of phenolic OH excluding ortho intramolecular Hbond substituents is 1. The summed E-state index contributed by atoms with van der Waals surface area (Å²) >= 11 is 0. The lowest BCUT2D eigenvalue weighted by Gasteiger charge is -2.00. The molecule has 2 aromatic carbocycles. The van der Waals surface area contributed by atoms with Gasteiger partial charge in [-0.2, -0.15) is 0 Å². The van der Waals surface area contributed by atoms with Crippen molar-refractivity contribution in [2.45, 2.75) is 13.8 Å². The van der Waals surface area contributed by atoms with E-state index in [1.165, 1.54) is 35.2 Å². The first-order valence-corrected chi connectivity index (χ1v) is 7.37. The fourth-order valence-electron chi connectivity index (χ4n) is 2.40. The van der Waals surface area contributed by atoms with Crippen LogP contribution in [-0.2, 0) is 0 Å². The smallest absolute Gasteiger partial charge is 0.280 e. The van der Waals surface area contributed by atoms with Crippen LogP contribution in [0, 0.1) is 19.7 Å². The number of nitrogens with zero attached hydrogens (tertiary/aromatic N) is 2. The van der Waals surface area contributed by atoms with E-state index in [0.29, 0.717) is 22.6 Å². The van der Waals surface area contributed by atoms with Gasteiger partial charge in [0.1, 0.15) is 11.6 Å². The number of aliphatic imine (C=N–C) groups is 1. The molecule has 1 heterocycles. The number of nitrogens with one attached hydrogen (secondary N) is 1. The Balaban J connectivity index is 1.99. The molecule has 3 aromatic rings. The van der Waals surface area contributed by atoms with Crippen LogP contribution in [0.4, 0.5) is 10.1 Å². The molecule has 0 fully saturated rings. The summed E-state index contributed by atoms with van der Waals surface area (Å²) in [6.07, 6.45) is 1.49. The predicted octanol–water partition coefficient (Wildman–Crippen LogP) is 3.38. The number of aromatic hydroxyl groups is 1. The molecule has 2 N–H and O–H groups in total. The molecule has 0 amide bonds. The van der Waals surface area contributed by atoms with Gasteiger partial charge in [-0.05, 0) is 61.9 Å². The standard InChI is InChI=1S/C18H16FN3O2/c1-11-9-15(23)7-8-17(11)20-10-16-12(2)21-22(18(16)24)14-5-3-13(19)4-6-14/h3-10,21,23H,1-2H3. The van der Waals surface area contributed by atoms with Crippen molar-refractivity contribution in [1.82, 2.24) is 9.78 Å². The predicted molar refractivity (Wildman–Crippen MR) is 91.2 cm³/mol. The Hall–Kier alpha value is -3.15. The maximum atomic E-state index is 13.0. The van der Waals surface area contributed by atoms with Crippen molar-refractivity contribution in [3.63, 3.8) is 0 Å². The van der Waals surface area contributed by atoms with Gasteiger partial charge in [0.2, 0.25) is 0 Å². The number of aryl methyl sites for hydroxylation is 2. The van der Waals surface area contributed by atoms with E-state index < -0.39 is 0 Å². The van der Waals surface area contributed by atoms with Crippen LogP contribution in [0.15, 0.2) is 52.3 Å². The molecular weight excluding hydrogens is 309 g/mol. The molecule has 122 valence electrons. The van der Waals surface area contributed by atoms with Gasteiger partial charge >= 0.3 is 0 Å². The number of phenols is 1. The van der Waals surface area contributed by atoms with Gasteiger partial charge in [-0.25, -0.2) is 9.07 Å². The second-order valence-corrected chi connectivity index (χ2v) is 5.50. The van der Waals surface area contributed by atoms with E-state index in [1.54, 1.807) is 25.1 Å². The van der Waals surface area contributed by atoms with Gasteiger partial charge in [-0.15, -0.1) is 0 Å². The third kappa shape index (κ3) is 2.99. The van der Waals surface area contributed by atoms with Gasteiger partial charge in [-0.3, -0.25) is 14.9 Å². The van der Waals surface area contributed by atoms with Crippen LogP contribution in [0.1, 0.15) is 16.8 Å². The molecule has 0 aliphatic heterocycles. The number of halogens is 1. The summed E-state index contributed by atoms with van der Waals surface area (Å²) in [7, 11) is 0. The van der Waals surface area contributed by atoms with E-state index in [4.69, 9.17) is 0 Å². The normalized spacial score (nSPS) is 11.3. The van der Waals surface area contributed by atoms with Gasteiger partial charge in [-0.1, -0.05) is 0 Å². The topological polar surface area (TPSA) is 70.4 Å². The Kier molecular flexibility index (Phi) is 4.04. The van der Waals surface area contributed by atoms with E-state index >= 15 is 0 Å². The minimum atomic E-state index is -0.361. The monoisotopic (exact) mass is 325 g/mol. The largest absolute Gasteiger partial charge is 0.508 e. The molecule has 0 atom stereocenters. The Morgan fingerprint density at radius 2 is 1.88 bits per heavy atom. The second kappa shape index (κ2) is 6.16. The SMILES string of the molecule is Cc1cc(O)ccc1N=Cc1c(C)[nH]n(-c2ccc(F)cc2)c1=O. The zero-order valence-corrected chi connectivity index (χ0v) is 13.2. The molecule has 0 bridgehead atoms. The molecule has 5 nitrogen and oxygen atoms in total. The highest BCUT2D eigenvalue weighted by molar-refractivity contribution is 5.83. The van der Waals surface area contributed by atoms with Crippen molar-refractivity contribution in [3.8, 4) is 11.4 Å².